The normalized spacial score (nSPS) is 16.0. The predicted octanol–water partition coefficient (Wildman–Crippen LogP) is 3.15. The molecule has 1 N–H and O–H groups in total. The highest BCUT2D eigenvalue weighted by Crippen LogP contribution is 2.26. The number of ether oxygens (including phenoxy) is 1. The zero-order valence-electron chi connectivity index (χ0n) is 15.0. The number of aromatic nitrogens is 1. The van der Waals surface area contributed by atoms with Crippen LogP contribution in [0.5, 0.6) is 5.75 Å². The number of carbonyl (C=O) groups excluding carboxylic acids is 1. The minimum atomic E-state index is 0.0224. The van der Waals surface area contributed by atoms with Crippen molar-refractivity contribution in [1.82, 2.24) is 9.88 Å². The monoisotopic (exact) mass is 343 g/mol. The molecule has 0 atom stereocenters. The number of oxazole rings is 1. The Bertz CT molecular complexity index is 714. The SMILES string of the molecule is COc1ccccc1NC(=O)C1CCN(Cc2nc(C)c(C)o2)CC1. The number of para-hydroxylation sites is 2. The molecule has 0 radical (unpaired) electrons. The molecule has 1 amide bonds. The number of carbonyl (C=O) groups is 1. The Morgan fingerprint density at radius 1 is 1.32 bits per heavy atom. The summed E-state index contributed by atoms with van der Waals surface area (Å²) in [5.41, 5.74) is 1.67. The smallest absolute Gasteiger partial charge is 0.227 e. The van der Waals surface area contributed by atoms with Gasteiger partial charge in [-0.2, -0.15) is 0 Å². The van der Waals surface area contributed by atoms with E-state index < -0.39 is 0 Å². The fraction of sp³-hybridized carbons (Fsp3) is 0.474. The van der Waals surface area contributed by atoms with Gasteiger partial charge in [0.15, 0.2) is 0 Å². The van der Waals surface area contributed by atoms with Crippen LogP contribution in [0.4, 0.5) is 5.69 Å². The lowest BCUT2D eigenvalue weighted by molar-refractivity contribution is -0.121. The van der Waals surface area contributed by atoms with E-state index >= 15 is 0 Å². The summed E-state index contributed by atoms with van der Waals surface area (Å²) in [6.45, 7) is 6.32. The molecular formula is C19H25N3O3. The van der Waals surface area contributed by atoms with Gasteiger partial charge in [-0.25, -0.2) is 4.98 Å². The minimum absolute atomic E-state index is 0.0224. The molecule has 0 spiro atoms. The molecule has 1 aromatic carbocycles. The molecular weight excluding hydrogens is 318 g/mol. The Morgan fingerprint density at radius 2 is 2.04 bits per heavy atom. The largest absolute Gasteiger partial charge is 0.495 e. The predicted molar refractivity (Wildman–Crippen MR) is 95.6 cm³/mol. The number of amides is 1. The van der Waals surface area contributed by atoms with Gasteiger partial charge in [-0.05, 0) is 51.9 Å². The Hall–Kier alpha value is -2.34. The zero-order valence-corrected chi connectivity index (χ0v) is 15.0. The number of hydrogen-bond donors (Lipinski definition) is 1. The van der Waals surface area contributed by atoms with Crippen molar-refractivity contribution in [3.8, 4) is 5.75 Å². The first-order valence-electron chi connectivity index (χ1n) is 8.66. The van der Waals surface area contributed by atoms with Gasteiger partial charge < -0.3 is 14.5 Å². The molecule has 0 unspecified atom stereocenters. The van der Waals surface area contributed by atoms with Gasteiger partial charge in [-0.1, -0.05) is 12.1 Å². The lowest BCUT2D eigenvalue weighted by atomic mass is 9.96. The Labute approximate surface area is 148 Å². The summed E-state index contributed by atoms with van der Waals surface area (Å²) in [6, 6.07) is 7.48. The standard InChI is InChI=1S/C19H25N3O3/c1-13-14(2)25-18(20-13)12-22-10-8-15(9-11-22)19(23)21-16-6-4-5-7-17(16)24-3/h4-7,15H,8-12H2,1-3H3,(H,21,23). The molecule has 6 heteroatoms. The number of anilines is 1. The van der Waals surface area contributed by atoms with E-state index in [4.69, 9.17) is 9.15 Å². The average Bonchev–Trinajstić information content (AvgIpc) is 2.93. The Morgan fingerprint density at radius 3 is 2.68 bits per heavy atom. The lowest BCUT2D eigenvalue weighted by Gasteiger charge is -2.30. The van der Waals surface area contributed by atoms with Crippen molar-refractivity contribution in [2.75, 3.05) is 25.5 Å². The van der Waals surface area contributed by atoms with Crippen LogP contribution in [0.1, 0.15) is 30.2 Å². The molecule has 1 fully saturated rings. The first-order chi connectivity index (χ1) is 12.1. The molecule has 0 bridgehead atoms. The summed E-state index contributed by atoms with van der Waals surface area (Å²) in [5.74, 6) is 2.40. The van der Waals surface area contributed by atoms with Gasteiger partial charge >= 0.3 is 0 Å². The van der Waals surface area contributed by atoms with E-state index in [1.165, 1.54) is 0 Å². The van der Waals surface area contributed by atoms with Crippen LogP contribution in [0.2, 0.25) is 0 Å². The van der Waals surface area contributed by atoms with Crippen molar-refractivity contribution >= 4 is 11.6 Å². The van der Waals surface area contributed by atoms with Crippen molar-refractivity contribution in [3.05, 3.63) is 41.6 Å². The first kappa shape index (κ1) is 17.5. The Kier molecular flexibility index (Phi) is 5.38. The van der Waals surface area contributed by atoms with Crippen molar-refractivity contribution in [1.29, 1.82) is 0 Å². The quantitative estimate of drug-likeness (QED) is 0.903. The van der Waals surface area contributed by atoms with Gasteiger partial charge in [0.05, 0.1) is 25.0 Å². The summed E-state index contributed by atoms with van der Waals surface area (Å²) >= 11 is 0. The summed E-state index contributed by atoms with van der Waals surface area (Å²) in [7, 11) is 1.61. The molecule has 25 heavy (non-hydrogen) atoms. The second-order valence-corrected chi connectivity index (χ2v) is 6.49. The number of nitrogens with one attached hydrogen (secondary N) is 1. The van der Waals surface area contributed by atoms with Crippen molar-refractivity contribution in [3.63, 3.8) is 0 Å². The van der Waals surface area contributed by atoms with Crippen molar-refractivity contribution in [2.24, 2.45) is 5.92 Å². The maximum absolute atomic E-state index is 12.5. The molecule has 3 rings (SSSR count). The van der Waals surface area contributed by atoms with Gasteiger partial charge in [0.1, 0.15) is 11.5 Å². The fourth-order valence-corrected chi connectivity index (χ4v) is 3.13. The van der Waals surface area contributed by atoms with Crippen LogP contribution in [0, 0.1) is 19.8 Å². The second-order valence-electron chi connectivity index (χ2n) is 6.49. The summed E-state index contributed by atoms with van der Waals surface area (Å²) in [5, 5.41) is 2.99. The lowest BCUT2D eigenvalue weighted by Crippen LogP contribution is -2.37. The zero-order chi connectivity index (χ0) is 17.8. The van der Waals surface area contributed by atoms with Gasteiger partial charge in [0.2, 0.25) is 11.8 Å². The van der Waals surface area contributed by atoms with Gasteiger partial charge in [0.25, 0.3) is 0 Å². The third kappa shape index (κ3) is 4.20. The number of hydrogen-bond acceptors (Lipinski definition) is 5. The molecule has 1 aliphatic rings. The van der Waals surface area contributed by atoms with Crippen LogP contribution in [-0.2, 0) is 11.3 Å². The molecule has 1 aromatic heterocycles. The molecule has 134 valence electrons. The van der Waals surface area contributed by atoms with Gasteiger partial charge in [-0.15, -0.1) is 0 Å². The molecule has 0 aliphatic carbocycles. The van der Waals surface area contributed by atoms with Gasteiger partial charge in [-0.3, -0.25) is 9.69 Å². The number of likely N-dealkylation sites (tertiary alicyclic amines) is 1. The maximum Gasteiger partial charge on any atom is 0.227 e. The average molecular weight is 343 g/mol. The highest BCUT2D eigenvalue weighted by Gasteiger charge is 2.26. The third-order valence-corrected chi connectivity index (χ3v) is 4.75. The van der Waals surface area contributed by atoms with Crippen LogP contribution >= 0.6 is 0 Å². The molecule has 1 saturated heterocycles. The van der Waals surface area contributed by atoms with Crippen molar-refractivity contribution in [2.45, 2.75) is 33.2 Å². The molecule has 1 aliphatic heterocycles. The maximum atomic E-state index is 12.5. The van der Waals surface area contributed by atoms with E-state index in [1.807, 2.05) is 38.1 Å². The van der Waals surface area contributed by atoms with Crippen LogP contribution in [0.15, 0.2) is 28.7 Å². The molecule has 0 saturated carbocycles. The van der Waals surface area contributed by atoms with Crippen molar-refractivity contribution < 1.29 is 13.9 Å². The summed E-state index contributed by atoms with van der Waals surface area (Å²) in [4.78, 5) is 19.3. The van der Waals surface area contributed by atoms with E-state index in [-0.39, 0.29) is 11.8 Å². The summed E-state index contributed by atoms with van der Waals surface area (Å²) < 4.78 is 10.9. The number of benzene rings is 1. The highest BCUT2D eigenvalue weighted by atomic mass is 16.5. The second kappa shape index (κ2) is 7.70. The van der Waals surface area contributed by atoms with E-state index in [2.05, 4.69) is 15.2 Å². The summed E-state index contributed by atoms with van der Waals surface area (Å²) in [6.07, 6.45) is 1.67. The number of piperidine rings is 1. The third-order valence-electron chi connectivity index (χ3n) is 4.75. The first-order valence-corrected chi connectivity index (χ1v) is 8.66. The Balaban J connectivity index is 1.52. The number of methoxy groups -OCH3 is 1. The number of aryl methyl sites for hydroxylation is 2. The van der Waals surface area contributed by atoms with E-state index in [0.29, 0.717) is 12.3 Å². The molecule has 6 nitrogen and oxygen atoms in total. The van der Waals surface area contributed by atoms with Crippen LogP contribution in [0.25, 0.3) is 0 Å². The van der Waals surface area contributed by atoms with Crippen LogP contribution < -0.4 is 10.1 Å². The van der Waals surface area contributed by atoms with E-state index in [1.54, 1.807) is 7.11 Å². The minimum Gasteiger partial charge on any atom is -0.495 e. The van der Waals surface area contributed by atoms with Crippen LogP contribution in [-0.4, -0.2) is 36.0 Å². The highest BCUT2D eigenvalue weighted by molar-refractivity contribution is 5.94. The number of nitrogens with zero attached hydrogens (tertiary/aromatic N) is 2. The fourth-order valence-electron chi connectivity index (χ4n) is 3.13. The molecule has 2 heterocycles. The number of rotatable bonds is 5. The van der Waals surface area contributed by atoms with E-state index in [0.717, 1.165) is 49.0 Å². The van der Waals surface area contributed by atoms with Gasteiger partial charge in [0, 0.05) is 5.92 Å². The topological polar surface area (TPSA) is 67.6 Å². The van der Waals surface area contributed by atoms with E-state index in [9.17, 15) is 4.79 Å². The molecule has 2 aromatic rings. The van der Waals surface area contributed by atoms with Crippen LogP contribution in [0.3, 0.4) is 0 Å².